The highest BCUT2D eigenvalue weighted by molar-refractivity contribution is 7.99. The predicted octanol–water partition coefficient (Wildman–Crippen LogP) is 1.12. The van der Waals surface area contributed by atoms with Crippen LogP contribution in [-0.4, -0.2) is 23.2 Å². The molecular formula is C6H12OS. The lowest BCUT2D eigenvalue weighted by molar-refractivity contribution is 0.264. The van der Waals surface area contributed by atoms with Gasteiger partial charge in [-0.1, -0.05) is 0 Å². The Hall–Kier alpha value is 0.310. The molecule has 0 aromatic carbocycles. The molecule has 0 spiro atoms. The fraction of sp³-hybridized carbons (Fsp3) is 1.00. The molecule has 0 aromatic rings. The van der Waals surface area contributed by atoms with Crippen molar-refractivity contribution in [2.45, 2.75) is 12.8 Å². The summed E-state index contributed by atoms with van der Waals surface area (Å²) in [6.45, 7) is 0.380. The minimum Gasteiger partial charge on any atom is -0.396 e. The van der Waals surface area contributed by atoms with Gasteiger partial charge in [-0.3, -0.25) is 0 Å². The third-order valence-corrected chi connectivity index (χ3v) is 2.79. The molecule has 1 rings (SSSR count). The standard InChI is InChI=1S/C6H12OS/c7-3-1-6-2-4-8-5-6/h6-7H,1-5H2. The molecule has 1 nitrogen and oxygen atoms in total. The van der Waals surface area contributed by atoms with Gasteiger partial charge in [-0.05, 0) is 30.3 Å². The van der Waals surface area contributed by atoms with Crippen molar-refractivity contribution < 1.29 is 5.11 Å². The van der Waals surface area contributed by atoms with Gasteiger partial charge in [0.15, 0.2) is 0 Å². The van der Waals surface area contributed by atoms with E-state index in [1.54, 1.807) is 0 Å². The van der Waals surface area contributed by atoms with Crippen molar-refractivity contribution in [3.63, 3.8) is 0 Å². The molecule has 0 radical (unpaired) electrons. The van der Waals surface area contributed by atoms with Crippen molar-refractivity contribution in [2.24, 2.45) is 5.92 Å². The van der Waals surface area contributed by atoms with Crippen LogP contribution in [0.15, 0.2) is 0 Å². The molecule has 1 heterocycles. The van der Waals surface area contributed by atoms with E-state index in [0.29, 0.717) is 6.61 Å². The van der Waals surface area contributed by atoms with Gasteiger partial charge in [0.25, 0.3) is 0 Å². The highest BCUT2D eigenvalue weighted by atomic mass is 32.2. The molecular weight excluding hydrogens is 120 g/mol. The van der Waals surface area contributed by atoms with Crippen LogP contribution >= 0.6 is 11.8 Å². The van der Waals surface area contributed by atoms with E-state index in [-0.39, 0.29) is 0 Å². The normalized spacial score (nSPS) is 28.9. The van der Waals surface area contributed by atoms with Crippen LogP contribution in [0.3, 0.4) is 0 Å². The Balaban J connectivity index is 2.06. The monoisotopic (exact) mass is 132 g/mol. The molecule has 1 aliphatic heterocycles. The minimum atomic E-state index is 0.380. The second-order valence-corrected chi connectivity index (χ2v) is 3.39. The lowest BCUT2D eigenvalue weighted by atomic mass is 10.1. The van der Waals surface area contributed by atoms with Crippen molar-refractivity contribution in [2.75, 3.05) is 18.1 Å². The molecule has 8 heavy (non-hydrogen) atoms. The average molecular weight is 132 g/mol. The largest absolute Gasteiger partial charge is 0.396 e. The van der Waals surface area contributed by atoms with E-state index < -0.39 is 0 Å². The van der Waals surface area contributed by atoms with Gasteiger partial charge in [0.05, 0.1) is 0 Å². The van der Waals surface area contributed by atoms with Crippen LogP contribution < -0.4 is 0 Å². The van der Waals surface area contributed by atoms with E-state index >= 15 is 0 Å². The highest BCUT2D eigenvalue weighted by Gasteiger charge is 2.13. The van der Waals surface area contributed by atoms with Gasteiger partial charge >= 0.3 is 0 Å². The fourth-order valence-corrected chi connectivity index (χ4v) is 2.33. The maximum atomic E-state index is 8.52. The summed E-state index contributed by atoms with van der Waals surface area (Å²) in [6.07, 6.45) is 2.35. The van der Waals surface area contributed by atoms with Crippen molar-refractivity contribution >= 4 is 11.8 Å². The van der Waals surface area contributed by atoms with Crippen molar-refractivity contribution in [3.05, 3.63) is 0 Å². The van der Waals surface area contributed by atoms with Gasteiger partial charge in [-0.25, -0.2) is 0 Å². The summed E-state index contributed by atoms with van der Waals surface area (Å²) < 4.78 is 0. The van der Waals surface area contributed by atoms with Gasteiger partial charge in [0.1, 0.15) is 0 Å². The molecule has 48 valence electrons. The van der Waals surface area contributed by atoms with Crippen LogP contribution in [0.25, 0.3) is 0 Å². The van der Waals surface area contributed by atoms with E-state index in [0.717, 1.165) is 12.3 Å². The Morgan fingerprint density at radius 3 is 3.00 bits per heavy atom. The zero-order valence-electron chi connectivity index (χ0n) is 4.97. The topological polar surface area (TPSA) is 20.2 Å². The number of aliphatic hydroxyl groups excluding tert-OH is 1. The highest BCUT2D eigenvalue weighted by Crippen LogP contribution is 2.25. The molecule has 1 unspecified atom stereocenters. The Labute approximate surface area is 54.5 Å². The third kappa shape index (κ3) is 1.67. The van der Waals surface area contributed by atoms with Crippen molar-refractivity contribution in [1.29, 1.82) is 0 Å². The van der Waals surface area contributed by atoms with Gasteiger partial charge in [-0.15, -0.1) is 0 Å². The van der Waals surface area contributed by atoms with E-state index in [1.807, 2.05) is 11.8 Å². The van der Waals surface area contributed by atoms with Crippen LogP contribution in [0.1, 0.15) is 12.8 Å². The van der Waals surface area contributed by atoms with E-state index in [4.69, 9.17) is 5.11 Å². The number of aliphatic hydroxyl groups is 1. The molecule has 1 fully saturated rings. The summed E-state index contributed by atoms with van der Waals surface area (Å²) in [5.41, 5.74) is 0. The SMILES string of the molecule is OCCC1CCSC1. The fourth-order valence-electron chi connectivity index (χ4n) is 0.994. The van der Waals surface area contributed by atoms with Crippen LogP contribution in [-0.2, 0) is 0 Å². The quantitative estimate of drug-likeness (QED) is 0.607. The zero-order chi connectivity index (χ0) is 5.82. The Bertz CT molecular complexity index is 59.5. The molecule has 0 aromatic heterocycles. The second-order valence-electron chi connectivity index (χ2n) is 2.24. The molecule has 1 aliphatic rings. The summed E-state index contributed by atoms with van der Waals surface area (Å²) in [7, 11) is 0. The molecule has 0 saturated carbocycles. The van der Waals surface area contributed by atoms with Gasteiger partial charge in [0.2, 0.25) is 0 Å². The lowest BCUT2D eigenvalue weighted by Gasteiger charge is -2.01. The maximum absolute atomic E-state index is 8.52. The van der Waals surface area contributed by atoms with Crippen molar-refractivity contribution in [3.8, 4) is 0 Å². The predicted molar refractivity (Wildman–Crippen MR) is 37.1 cm³/mol. The molecule has 0 aliphatic carbocycles. The number of thioether (sulfide) groups is 1. The Morgan fingerprint density at radius 1 is 1.62 bits per heavy atom. The zero-order valence-corrected chi connectivity index (χ0v) is 5.78. The van der Waals surface area contributed by atoms with Crippen LogP contribution in [0.5, 0.6) is 0 Å². The van der Waals surface area contributed by atoms with Crippen molar-refractivity contribution in [1.82, 2.24) is 0 Å². The average Bonchev–Trinajstić information content (AvgIpc) is 2.19. The minimum absolute atomic E-state index is 0.380. The van der Waals surface area contributed by atoms with Crippen LogP contribution in [0, 0.1) is 5.92 Å². The third-order valence-electron chi connectivity index (χ3n) is 1.56. The molecule has 0 bridgehead atoms. The summed E-state index contributed by atoms with van der Waals surface area (Å²) in [5.74, 6) is 3.41. The molecule has 1 N–H and O–H groups in total. The first-order valence-corrected chi connectivity index (χ1v) is 4.27. The number of rotatable bonds is 2. The van der Waals surface area contributed by atoms with Crippen LogP contribution in [0.2, 0.25) is 0 Å². The number of hydrogen-bond donors (Lipinski definition) is 1. The van der Waals surface area contributed by atoms with Gasteiger partial charge < -0.3 is 5.11 Å². The summed E-state index contributed by atoms with van der Waals surface area (Å²) in [5, 5.41) is 8.52. The van der Waals surface area contributed by atoms with E-state index in [9.17, 15) is 0 Å². The number of hydrogen-bond acceptors (Lipinski definition) is 2. The first-order valence-electron chi connectivity index (χ1n) is 3.12. The Kier molecular flexibility index (Phi) is 2.70. The first kappa shape index (κ1) is 6.43. The smallest absolute Gasteiger partial charge is 0.0433 e. The maximum Gasteiger partial charge on any atom is 0.0433 e. The van der Waals surface area contributed by atoms with E-state index in [2.05, 4.69) is 0 Å². The summed E-state index contributed by atoms with van der Waals surface area (Å²) >= 11 is 2.01. The lowest BCUT2D eigenvalue weighted by Crippen LogP contribution is -1.99. The summed E-state index contributed by atoms with van der Waals surface area (Å²) in [6, 6.07) is 0. The summed E-state index contributed by atoms with van der Waals surface area (Å²) in [4.78, 5) is 0. The molecule has 0 amide bonds. The van der Waals surface area contributed by atoms with E-state index in [1.165, 1.54) is 17.9 Å². The first-order chi connectivity index (χ1) is 3.93. The van der Waals surface area contributed by atoms with Crippen LogP contribution in [0.4, 0.5) is 0 Å². The molecule has 1 saturated heterocycles. The second kappa shape index (κ2) is 3.36. The van der Waals surface area contributed by atoms with Gasteiger partial charge in [-0.2, -0.15) is 11.8 Å². The molecule has 1 atom stereocenters. The van der Waals surface area contributed by atoms with Gasteiger partial charge in [0, 0.05) is 6.61 Å². The molecule has 2 heteroatoms. The Morgan fingerprint density at radius 2 is 2.50 bits per heavy atom.